The third kappa shape index (κ3) is 6.22. The second kappa shape index (κ2) is 9.33. The fourth-order valence-corrected chi connectivity index (χ4v) is 2.76. The number of carbonyl (C=O) groups excluding carboxylic acids is 2. The van der Waals surface area contributed by atoms with Gasteiger partial charge in [0.1, 0.15) is 5.82 Å². The van der Waals surface area contributed by atoms with Crippen LogP contribution in [-0.2, 0) is 14.3 Å². The molecule has 0 spiro atoms. The fourth-order valence-electron chi connectivity index (χ4n) is 1.92. The van der Waals surface area contributed by atoms with Crippen LogP contribution in [0.25, 0.3) is 0 Å². The van der Waals surface area contributed by atoms with Gasteiger partial charge in [0, 0.05) is 22.1 Å². The minimum atomic E-state index is -1.13. The van der Waals surface area contributed by atoms with Gasteiger partial charge < -0.3 is 10.1 Å². The Morgan fingerprint density at radius 1 is 1.30 bits per heavy atom. The highest BCUT2D eigenvalue weighted by atomic mass is 35.5. The maximum atomic E-state index is 13.7. The van der Waals surface area contributed by atoms with Crippen molar-refractivity contribution >= 4 is 46.6 Å². The van der Waals surface area contributed by atoms with Crippen LogP contribution in [-0.4, -0.2) is 28.7 Å². The number of nitro groups is 1. The maximum Gasteiger partial charge on any atom is 0.317 e. The Labute approximate surface area is 163 Å². The lowest BCUT2D eigenvalue weighted by Crippen LogP contribution is -2.30. The van der Waals surface area contributed by atoms with Crippen LogP contribution in [0.5, 0.6) is 0 Å². The van der Waals surface area contributed by atoms with E-state index in [0.717, 1.165) is 17.8 Å². The third-order valence-electron chi connectivity index (χ3n) is 3.27. The lowest BCUT2D eigenvalue weighted by molar-refractivity contribution is -0.384. The van der Waals surface area contributed by atoms with Crippen molar-refractivity contribution in [3.63, 3.8) is 0 Å². The zero-order valence-corrected chi connectivity index (χ0v) is 15.6. The summed E-state index contributed by atoms with van der Waals surface area (Å²) in [5.74, 6) is -2.14. The van der Waals surface area contributed by atoms with E-state index in [0.29, 0.717) is 4.90 Å². The number of esters is 1. The van der Waals surface area contributed by atoms with Gasteiger partial charge in [0.05, 0.1) is 16.4 Å². The number of benzene rings is 2. The normalized spacial score (nSPS) is 11.5. The van der Waals surface area contributed by atoms with Crippen molar-refractivity contribution < 1.29 is 23.6 Å². The minimum absolute atomic E-state index is 0.0540. The zero-order chi connectivity index (χ0) is 20.0. The number of nitrogens with zero attached hydrogens (tertiary/aromatic N) is 1. The van der Waals surface area contributed by atoms with Crippen molar-refractivity contribution in [1.82, 2.24) is 0 Å². The molecule has 0 aliphatic heterocycles. The topological polar surface area (TPSA) is 98.5 Å². The predicted octanol–water partition coefficient (Wildman–Crippen LogP) is 4.05. The maximum absolute atomic E-state index is 13.7. The summed E-state index contributed by atoms with van der Waals surface area (Å²) in [6, 6.07) is 9.43. The molecule has 7 nitrogen and oxygen atoms in total. The molecule has 0 aliphatic carbocycles. The number of nitro benzene ring substituents is 1. The molecule has 0 aliphatic rings. The first-order chi connectivity index (χ1) is 12.8. The molecule has 1 amide bonds. The number of halogens is 2. The minimum Gasteiger partial charge on any atom is -0.452 e. The summed E-state index contributed by atoms with van der Waals surface area (Å²) in [6.07, 6.45) is -1.13. The molecule has 10 heteroatoms. The van der Waals surface area contributed by atoms with Crippen LogP contribution in [0.1, 0.15) is 6.92 Å². The largest absolute Gasteiger partial charge is 0.452 e. The summed E-state index contributed by atoms with van der Waals surface area (Å²) in [4.78, 5) is 34.6. The molecule has 0 bridgehead atoms. The molecule has 0 unspecified atom stereocenters. The van der Waals surface area contributed by atoms with Crippen LogP contribution < -0.4 is 5.32 Å². The first-order valence-corrected chi connectivity index (χ1v) is 8.95. The van der Waals surface area contributed by atoms with E-state index in [9.17, 15) is 24.1 Å². The summed E-state index contributed by atoms with van der Waals surface area (Å²) in [5.41, 5.74) is -0.130. The second-order valence-electron chi connectivity index (χ2n) is 5.29. The van der Waals surface area contributed by atoms with Gasteiger partial charge in [-0.25, -0.2) is 4.39 Å². The van der Waals surface area contributed by atoms with Gasteiger partial charge in [-0.3, -0.25) is 19.7 Å². The highest BCUT2D eigenvalue weighted by molar-refractivity contribution is 8.00. The molecule has 0 radical (unpaired) electrons. The summed E-state index contributed by atoms with van der Waals surface area (Å²) in [5, 5.41) is 13.1. The number of nitrogens with one attached hydrogen (secondary N) is 1. The molecule has 0 heterocycles. The first-order valence-electron chi connectivity index (χ1n) is 7.59. The highest BCUT2D eigenvalue weighted by Gasteiger charge is 2.19. The van der Waals surface area contributed by atoms with Crippen LogP contribution in [0.3, 0.4) is 0 Å². The third-order valence-corrected chi connectivity index (χ3v) is 4.49. The molecule has 0 aromatic heterocycles. The summed E-state index contributed by atoms with van der Waals surface area (Å²) in [7, 11) is 0. The lowest BCUT2D eigenvalue weighted by Gasteiger charge is -2.14. The Morgan fingerprint density at radius 3 is 2.56 bits per heavy atom. The number of amides is 1. The van der Waals surface area contributed by atoms with E-state index in [1.165, 1.54) is 43.3 Å². The molecule has 2 rings (SSSR count). The average molecular weight is 413 g/mol. The number of rotatable bonds is 7. The summed E-state index contributed by atoms with van der Waals surface area (Å²) >= 11 is 6.74. The van der Waals surface area contributed by atoms with Crippen molar-refractivity contribution in [2.24, 2.45) is 0 Å². The van der Waals surface area contributed by atoms with Crippen LogP contribution in [0.4, 0.5) is 15.8 Å². The van der Waals surface area contributed by atoms with E-state index < -0.39 is 28.7 Å². The van der Waals surface area contributed by atoms with Gasteiger partial charge in [-0.15, -0.1) is 11.8 Å². The molecule has 142 valence electrons. The van der Waals surface area contributed by atoms with Gasteiger partial charge in [0.25, 0.3) is 11.6 Å². The average Bonchev–Trinajstić information content (AvgIpc) is 2.62. The van der Waals surface area contributed by atoms with Crippen LogP contribution in [0, 0.1) is 15.9 Å². The Bertz CT molecular complexity index is 863. The van der Waals surface area contributed by atoms with Gasteiger partial charge in [-0.05, 0) is 37.3 Å². The van der Waals surface area contributed by atoms with Crippen LogP contribution in [0.2, 0.25) is 5.02 Å². The number of carbonyl (C=O) groups is 2. The van der Waals surface area contributed by atoms with Crippen molar-refractivity contribution in [3.8, 4) is 0 Å². The fraction of sp³-hybridized carbons (Fsp3) is 0.176. The number of ether oxygens (including phenoxy) is 1. The number of anilines is 1. The first kappa shape index (κ1) is 20.7. The number of thioether (sulfide) groups is 1. The quantitative estimate of drug-likeness (QED) is 0.319. The molecule has 0 saturated carbocycles. The Balaban J connectivity index is 1.83. The highest BCUT2D eigenvalue weighted by Crippen LogP contribution is 2.22. The van der Waals surface area contributed by atoms with Gasteiger partial charge >= 0.3 is 5.97 Å². The Hall–Kier alpha value is -2.65. The van der Waals surface area contributed by atoms with E-state index in [4.69, 9.17) is 16.3 Å². The van der Waals surface area contributed by atoms with Gasteiger partial charge in [-0.2, -0.15) is 0 Å². The monoisotopic (exact) mass is 412 g/mol. The van der Waals surface area contributed by atoms with E-state index in [2.05, 4.69) is 5.32 Å². The molecule has 1 atom stereocenters. The molecule has 0 saturated heterocycles. The van der Waals surface area contributed by atoms with E-state index in [-0.39, 0.29) is 22.2 Å². The summed E-state index contributed by atoms with van der Waals surface area (Å²) in [6.45, 7) is 1.36. The lowest BCUT2D eigenvalue weighted by atomic mass is 10.3. The zero-order valence-electron chi connectivity index (χ0n) is 14.0. The van der Waals surface area contributed by atoms with Crippen molar-refractivity contribution in [3.05, 3.63) is 63.4 Å². The van der Waals surface area contributed by atoms with Crippen molar-refractivity contribution in [1.29, 1.82) is 0 Å². The van der Waals surface area contributed by atoms with E-state index in [1.54, 1.807) is 0 Å². The Kier molecular flexibility index (Phi) is 7.14. The molecule has 2 aromatic rings. The van der Waals surface area contributed by atoms with E-state index >= 15 is 0 Å². The van der Waals surface area contributed by atoms with E-state index in [1.807, 2.05) is 0 Å². The summed E-state index contributed by atoms with van der Waals surface area (Å²) < 4.78 is 18.7. The SMILES string of the molecule is C[C@@H](OC(=O)CSc1ccc([N+](=O)[O-])cc1)C(=O)Nc1ccc(Cl)cc1F. The van der Waals surface area contributed by atoms with Gasteiger partial charge in [-0.1, -0.05) is 11.6 Å². The molecular formula is C17H14ClFN2O5S. The number of non-ortho nitro benzene ring substituents is 1. The van der Waals surface area contributed by atoms with Crippen molar-refractivity contribution in [2.75, 3.05) is 11.1 Å². The van der Waals surface area contributed by atoms with Gasteiger partial charge in [0.15, 0.2) is 6.10 Å². The number of hydrogen-bond donors (Lipinski definition) is 1. The van der Waals surface area contributed by atoms with Crippen LogP contribution in [0.15, 0.2) is 47.4 Å². The van der Waals surface area contributed by atoms with Crippen molar-refractivity contribution in [2.45, 2.75) is 17.9 Å². The molecule has 27 heavy (non-hydrogen) atoms. The molecular weight excluding hydrogens is 399 g/mol. The predicted molar refractivity (Wildman–Crippen MR) is 99.4 cm³/mol. The van der Waals surface area contributed by atoms with Crippen LogP contribution >= 0.6 is 23.4 Å². The smallest absolute Gasteiger partial charge is 0.317 e. The Morgan fingerprint density at radius 2 is 1.96 bits per heavy atom. The molecule has 0 fully saturated rings. The van der Waals surface area contributed by atoms with Gasteiger partial charge in [0.2, 0.25) is 0 Å². The second-order valence-corrected chi connectivity index (χ2v) is 6.77. The molecule has 2 aromatic carbocycles. The standard InChI is InChI=1S/C17H14ClFN2O5S/c1-10(17(23)20-15-7-2-11(18)8-14(15)19)26-16(22)9-27-13-5-3-12(4-6-13)21(24)25/h2-8,10H,9H2,1H3,(H,20,23)/t10-/m1/s1. The molecule has 1 N–H and O–H groups in total. The number of hydrogen-bond acceptors (Lipinski definition) is 6.